The SMILES string of the molecule is CCOC(CCCCCCC(=O)[SiH3])(OCC)OCC.CO[Si](OC)(c1ccccc1)c1ccccc1. The van der Waals surface area contributed by atoms with E-state index in [4.69, 9.17) is 23.1 Å². The summed E-state index contributed by atoms with van der Waals surface area (Å²) in [7, 11) is 1.62. The van der Waals surface area contributed by atoms with E-state index in [1.165, 1.54) is 0 Å². The summed E-state index contributed by atoms with van der Waals surface area (Å²) in [5.41, 5.74) is 0. The summed E-state index contributed by atoms with van der Waals surface area (Å²) < 4.78 is 28.5. The van der Waals surface area contributed by atoms with Crippen LogP contribution in [0.1, 0.15) is 59.3 Å². The van der Waals surface area contributed by atoms with Crippen molar-refractivity contribution >= 4 is 34.6 Å². The van der Waals surface area contributed by atoms with Gasteiger partial charge in [0.1, 0.15) is 5.41 Å². The third kappa shape index (κ3) is 10.8. The summed E-state index contributed by atoms with van der Waals surface area (Å²) in [6, 6.07) is 20.3. The Morgan fingerprint density at radius 1 is 0.722 bits per heavy atom. The first-order valence-electron chi connectivity index (χ1n) is 13.1. The number of carbonyl (C=O) groups is 1. The average molecular weight is 535 g/mol. The van der Waals surface area contributed by atoms with Crippen molar-refractivity contribution in [3.05, 3.63) is 60.7 Å². The topological polar surface area (TPSA) is 63.2 Å². The van der Waals surface area contributed by atoms with Gasteiger partial charge in [-0.3, -0.25) is 0 Å². The van der Waals surface area contributed by atoms with Crippen LogP contribution in [0.5, 0.6) is 0 Å². The third-order valence-corrected chi connectivity index (χ3v) is 9.57. The van der Waals surface area contributed by atoms with Crippen LogP contribution in [0, 0.1) is 0 Å². The van der Waals surface area contributed by atoms with Crippen molar-refractivity contribution in [3.8, 4) is 0 Å². The largest absolute Gasteiger partial charge is 0.406 e. The standard InChI is InChI=1S/C14H30O4Si.C14H16O2Si/c1-4-16-14(17-5-2,18-6-3)12-10-8-7-9-11-13(15)19;1-15-17(16-2,13-9-5-3-6-10-13)14-11-7-4-8-12-14/h4-12H2,1-3,19H3;3-12H,1-2H3. The van der Waals surface area contributed by atoms with Crippen LogP contribution in [0.25, 0.3) is 0 Å². The first-order chi connectivity index (χ1) is 17.4. The average Bonchev–Trinajstić information content (AvgIpc) is 2.89. The fourth-order valence-electron chi connectivity index (χ4n) is 4.11. The minimum atomic E-state index is -2.50. The first-order valence-corrected chi connectivity index (χ1v) is 15.9. The molecule has 0 heterocycles. The molecule has 0 saturated heterocycles. The van der Waals surface area contributed by atoms with Crippen molar-refractivity contribution in [2.45, 2.75) is 65.3 Å². The van der Waals surface area contributed by atoms with Gasteiger partial charge in [-0.05, 0) is 44.0 Å². The van der Waals surface area contributed by atoms with Gasteiger partial charge < -0.3 is 27.9 Å². The smallest absolute Gasteiger partial charge is 0.391 e. The van der Waals surface area contributed by atoms with Gasteiger partial charge in [0.15, 0.2) is 0 Å². The molecule has 2 aromatic rings. The molecule has 0 N–H and O–H groups in total. The summed E-state index contributed by atoms with van der Waals surface area (Å²) in [6.07, 6.45) is 5.68. The zero-order chi connectivity index (χ0) is 26.7. The van der Waals surface area contributed by atoms with Gasteiger partial charge in [-0.2, -0.15) is 0 Å². The van der Waals surface area contributed by atoms with E-state index in [0.29, 0.717) is 35.5 Å². The Kier molecular flexibility index (Phi) is 16.7. The highest BCUT2D eigenvalue weighted by molar-refractivity contribution is 6.92. The fourth-order valence-corrected chi connectivity index (χ4v) is 7.17. The van der Waals surface area contributed by atoms with Crippen LogP contribution in [0.2, 0.25) is 0 Å². The molecule has 0 amide bonds. The zero-order valence-electron chi connectivity index (χ0n) is 23.1. The Balaban J connectivity index is 0.000000361. The molecule has 2 aromatic carbocycles. The van der Waals surface area contributed by atoms with Crippen molar-refractivity contribution in [1.82, 2.24) is 0 Å². The van der Waals surface area contributed by atoms with E-state index >= 15 is 0 Å². The van der Waals surface area contributed by atoms with Crippen LogP contribution < -0.4 is 10.4 Å². The lowest BCUT2D eigenvalue weighted by Crippen LogP contribution is -2.62. The minimum absolute atomic E-state index is 0.410. The van der Waals surface area contributed by atoms with E-state index in [2.05, 4.69) is 24.3 Å². The maximum absolute atomic E-state index is 10.9. The van der Waals surface area contributed by atoms with Gasteiger partial charge in [-0.15, -0.1) is 0 Å². The summed E-state index contributed by atoms with van der Waals surface area (Å²) in [6.45, 7) is 7.58. The molecule has 0 unspecified atom stereocenters. The van der Waals surface area contributed by atoms with Crippen molar-refractivity contribution in [3.63, 3.8) is 0 Å². The molecule has 6 nitrogen and oxygen atoms in total. The van der Waals surface area contributed by atoms with Crippen LogP contribution in [0.15, 0.2) is 60.7 Å². The lowest BCUT2D eigenvalue weighted by Gasteiger charge is -2.32. The van der Waals surface area contributed by atoms with Crippen molar-refractivity contribution in [2.24, 2.45) is 0 Å². The van der Waals surface area contributed by atoms with Crippen LogP contribution in [0.4, 0.5) is 0 Å². The lowest BCUT2D eigenvalue weighted by atomic mass is 10.1. The molecule has 8 heteroatoms. The van der Waals surface area contributed by atoms with Crippen LogP contribution in [-0.2, 0) is 27.9 Å². The Labute approximate surface area is 222 Å². The molecular weight excluding hydrogens is 488 g/mol. The van der Waals surface area contributed by atoms with E-state index in [0.717, 1.165) is 48.9 Å². The van der Waals surface area contributed by atoms with Gasteiger partial charge >= 0.3 is 8.56 Å². The van der Waals surface area contributed by atoms with Gasteiger partial charge in [0.2, 0.25) is 0 Å². The number of benzene rings is 2. The molecule has 0 aromatic heterocycles. The molecule has 202 valence electrons. The van der Waals surface area contributed by atoms with E-state index < -0.39 is 14.5 Å². The highest BCUT2D eigenvalue weighted by atomic mass is 28.4. The molecule has 0 aliphatic carbocycles. The Morgan fingerprint density at radius 3 is 1.50 bits per heavy atom. The van der Waals surface area contributed by atoms with Crippen LogP contribution >= 0.6 is 0 Å². The van der Waals surface area contributed by atoms with Gasteiger partial charge in [0, 0.05) is 46.9 Å². The molecular formula is C28H46O6Si2. The molecule has 0 fully saturated rings. The van der Waals surface area contributed by atoms with Crippen molar-refractivity contribution in [1.29, 1.82) is 0 Å². The van der Waals surface area contributed by atoms with Crippen molar-refractivity contribution < 1.29 is 27.9 Å². The van der Waals surface area contributed by atoms with E-state index in [1.54, 1.807) is 14.2 Å². The molecule has 0 saturated carbocycles. The molecule has 0 aliphatic heterocycles. The summed E-state index contributed by atoms with van der Waals surface area (Å²) in [5, 5.41) is 2.65. The molecule has 0 spiro atoms. The second-order valence-electron chi connectivity index (χ2n) is 8.36. The Bertz CT molecular complexity index is 757. The number of rotatable bonds is 17. The van der Waals surface area contributed by atoms with Crippen LogP contribution in [-0.4, -0.2) is 64.2 Å². The molecule has 36 heavy (non-hydrogen) atoms. The normalized spacial score (nSPS) is 11.7. The molecule has 2 rings (SSSR count). The monoisotopic (exact) mass is 534 g/mol. The molecule has 0 atom stereocenters. The Hall–Kier alpha value is -1.66. The quantitative estimate of drug-likeness (QED) is 0.176. The van der Waals surface area contributed by atoms with E-state index in [9.17, 15) is 4.79 Å². The predicted octanol–water partition coefficient (Wildman–Crippen LogP) is 3.52. The maximum atomic E-state index is 10.9. The maximum Gasteiger partial charge on any atom is 0.406 e. The second kappa shape index (κ2) is 18.6. The van der Waals surface area contributed by atoms with Gasteiger partial charge in [-0.25, -0.2) is 0 Å². The zero-order valence-corrected chi connectivity index (χ0v) is 26.1. The Morgan fingerprint density at radius 2 is 1.14 bits per heavy atom. The van der Waals surface area contributed by atoms with Gasteiger partial charge in [0.25, 0.3) is 5.97 Å². The summed E-state index contributed by atoms with van der Waals surface area (Å²) >= 11 is 0. The lowest BCUT2D eigenvalue weighted by molar-refractivity contribution is -0.380. The van der Waals surface area contributed by atoms with Crippen molar-refractivity contribution in [2.75, 3.05) is 34.0 Å². The number of unbranched alkanes of at least 4 members (excludes halogenated alkanes) is 3. The summed E-state index contributed by atoms with van der Waals surface area (Å²) in [4.78, 5) is 10.9. The molecule has 0 radical (unpaired) electrons. The van der Waals surface area contributed by atoms with E-state index in [1.807, 2.05) is 57.2 Å². The highest BCUT2D eigenvalue weighted by Crippen LogP contribution is 2.24. The second-order valence-corrected chi connectivity index (χ2v) is 12.7. The van der Waals surface area contributed by atoms with Gasteiger partial charge in [0.05, 0.1) is 10.2 Å². The van der Waals surface area contributed by atoms with Crippen LogP contribution in [0.3, 0.4) is 0 Å². The van der Waals surface area contributed by atoms with E-state index in [-0.39, 0.29) is 0 Å². The highest BCUT2D eigenvalue weighted by Gasteiger charge is 2.40. The van der Waals surface area contributed by atoms with Gasteiger partial charge in [-0.1, -0.05) is 73.5 Å². The fraction of sp³-hybridized carbons (Fsp3) is 0.536. The number of ether oxygens (including phenoxy) is 3. The molecule has 0 bridgehead atoms. The number of hydrogen-bond acceptors (Lipinski definition) is 6. The summed E-state index contributed by atoms with van der Waals surface area (Å²) in [5.74, 6) is -0.869. The third-order valence-electron chi connectivity index (χ3n) is 5.74. The minimum Gasteiger partial charge on any atom is -0.391 e. The number of carbonyl (C=O) groups excluding carboxylic acids is 1. The predicted molar refractivity (Wildman–Crippen MR) is 152 cm³/mol. The first kappa shape index (κ1) is 32.4. The molecule has 0 aliphatic rings. The number of hydrogen-bond donors (Lipinski definition) is 0.